The fourth-order valence-corrected chi connectivity index (χ4v) is 1.08. The number of fused-ring (bicyclic) bond motifs is 1. The maximum Gasteiger partial charge on any atom is 0.104 e. The number of para-hydroxylation sites is 2. The average Bonchev–Trinajstić information content (AvgIpc) is 2.72. The Hall–Kier alpha value is -1.77. The largest absolute Gasteiger partial charge is 0.384 e. The number of nitrogens with zero attached hydrogens (tertiary/aromatic N) is 2. The molecule has 0 bridgehead atoms. The normalized spacial score (nSPS) is 8.53. The van der Waals surface area contributed by atoms with E-state index >= 15 is 0 Å². The third-order valence-corrected chi connectivity index (χ3v) is 1.87. The summed E-state index contributed by atoms with van der Waals surface area (Å²) in [5.74, 6) is 0.973. The van der Waals surface area contributed by atoms with E-state index in [1.807, 2.05) is 64.0 Å². The fraction of sp³-hybridized carbons (Fsp3) is 0.357. The first kappa shape index (κ1) is 15.2. The molecule has 0 amide bonds. The van der Waals surface area contributed by atoms with E-state index in [0.717, 1.165) is 16.9 Å². The zero-order valence-corrected chi connectivity index (χ0v) is 11.5. The van der Waals surface area contributed by atoms with Crippen LogP contribution in [0.15, 0.2) is 37.0 Å². The monoisotopic (exact) mass is 233 g/mol. The Morgan fingerprint density at radius 3 is 2.24 bits per heavy atom. The van der Waals surface area contributed by atoms with Crippen molar-refractivity contribution in [1.82, 2.24) is 14.9 Å². The highest BCUT2D eigenvalue weighted by molar-refractivity contribution is 5.74. The van der Waals surface area contributed by atoms with Crippen LogP contribution in [0.4, 0.5) is 0 Å². The van der Waals surface area contributed by atoms with Crippen molar-refractivity contribution < 1.29 is 0 Å². The first-order chi connectivity index (χ1) is 8.13. The van der Waals surface area contributed by atoms with E-state index < -0.39 is 0 Å². The van der Waals surface area contributed by atoms with Crippen LogP contribution in [0.25, 0.3) is 11.0 Å². The number of imidazole rings is 1. The van der Waals surface area contributed by atoms with Gasteiger partial charge in [-0.15, -0.1) is 0 Å². The molecule has 0 saturated heterocycles. The maximum atomic E-state index is 4.26. The quantitative estimate of drug-likeness (QED) is 0.816. The molecule has 0 saturated carbocycles. The lowest BCUT2D eigenvalue weighted by atomic mass is 10.3. The van der Waals surface area contributed by atoms with E-state index in [9.17, 15) is 0 Å². The van der Waals surface area contributed by atoms with E-state index in [0.29, 0.717) is 0 Å². The van der Waals surface area contributed by atoms with Gasteiger partial charge in [-0.05, 0) is 25.3 Å². The first-order valence-electron chi connectivity index (χ1n) is 5.84. The number of hydrogen-bond acceptors (Lipinski definition) is 2. The van der Waals surface area contributed by atoms with E-state index in [1.54, 1.807) is 6.20 Å². The van der Waals surface area contributed by atoms with Crippen LogP contribution in [0.1, 0.15) is 19.7 Å². The molecule has 1 N–H and O–H groups in total. The van der Waals surface area contributed by atoms with Gasteiger partial charge in [0, 0.05) is 14.1 Å². The molecule has 3 heteroatoms. The average molecular weight is 233 g/mol. The molecule has 94 valence electrons. The highest BCUT2D eigenvalue weighted by Crippen LogP contribution is 2.08. The van der Waals surface area contributed by atoms with Crippen molar-refractivity contribution in [3.05, 3.63) is 42.9 Å². The first-order valence-corrected chi connectivity index (χ1v) is 5.84. The van der Waals surface area contributed by atoms with Crippen LogP contribution in [-0.4, -0.2) is 29.0 Å². The Labute approximate surface area is 104 Å². The number of H-pyrrole nitrogens is 1. The fourth-order valence-electron chi connectivity index (χ4n) is 1.08. The molecule has 1 aromatic heterocycles. The van der Waals surface area contributed by atoms with Gasteiger partial charge in [0.05, 0.1) is 11.0 Å². The molecule has 0 aliphatic carbocycles. The number of hydrogen-bond donors (Lipinski definition) is 1. The summed E-state index contributed by atoms with van der Waals surface area (Å²) in [7, 11) is 3.88. The van der Waals surface area contributed by atoms with Crippen LogP contribution in [0.5, 0.6) is 0 Å². The predicted molar refractivity (Wildman–Crippen MR) is 76.1 cm³/mol. The number of aromatic nitrogens is 2. The molecule has 0 aliphatic heterocycles. The molecular formula is C14H23N3. The SMILES string of the molecule is C=CN(C)C.CC.Cc1nc2ccccc2[nH]1. The minimum atomic E-state index is 0.973. The van der Waals surface area contributed by atoms with Crippen LogP contribution < -0.4 is 0 Å². The number of aryl methyl sites for hydroxylation is 1. The van der Waals surface area contributed by atoms with Gasteiger partial charge in [-0.3, -0.25) is 0 Å². The minimum Gasteiger partial charge on any atom is -0.384 e. The van der Waals surface area contributed by atoms with Crippen LogP contribution in [-0.2, 0) is 0 Å². The van der Waals surface area contributed by atoms with Crippen LogP contribution in [0.3, 0.4) is 0 Å². The van der Waals surface area contributed by atoms with Crippen molar-refractivity contribution in [3.8, 4) is 0 Å². The molecule has 2 rings (SSSR count). The third-order valence-electron chi connectivity index (χ3n) is 1.87. The maximum absolute atomic E-state index is 4.26. The minimum absolute atomic E-state index is 0.973. The van der Waals surface area contributed by atoms with Crippen molar-refractivity contribution in [2.45, 2.75) is 20.8 Å². The summed E-state index contributed by atoms with van der Waals surface area (Å²) < 4.78 is 0. The van der Waals surface area contributed by atoms with Gasteiger partial charge in [-0.1, -0.05) is 32.6 Å². The zero-order chi connectivity index (χ0) is 13.3. The molecule has 0 spiro atoms. The van der Waals surface area contributed by atoms with Crippen molar-refractivity contribution in [2.24, 2.45) is 0 Å². The van der Waals surface area contributed by atoms with Crippen molar-refractivity contribution in [2.75, 3.05) is 14.1 Å². The molecule has 3 nitrogen and oxygen atoms in total. The smallest absolute Gasteiger partial charge is 0.104 e. The standard InChI is InChI=1S/C8H8N2.C4H9N.C2H6/c1-6-9-7-4-2-3-5-8(7)10-6;1-4-5(2)3;1-2/h2-5H,1H3,(H,9,10);4H,1H2,2-3H3;1-2H3. The van der Waals surface area contributed by atoms with Gasteiger partial charge < -0.3 is 9.88 Å². The van der Waals surface area contributed by atoms with Gasteiger partial charge in [0.2, 0.25) is 0 Å². The lowest BCUT2D eigenvalue weighted by Crippen LogP contribution is -1.97. The second-order valence-electron chi connectivity index (χ2n) is 3.49. The predicted octanol–water partition coefficient (Wildman–Crippen LogP) is 3.59. The summed E-state index contributed by atoms with van der Waals surface area (Å²) >= 11 is 0. The Bertz CT molecular complexity index is 397. The molecule has 0 unspecified atom stereocenters. The second-order valence-corrected chi connectivity index (χ2v) is 3.49. The van der Waals surface area contributed by atoms with Crippen molar-refractivity contribution >= 4 is 11.0 Å². The molecule has 0 radical (unpaired) electrons. The van der Waals surface area contributed by atoms with Gasteiger partial charge in [-0.25, -0.2) is 4.98 Å². The van der Waals surface area contributed by atoms with Gasteiger partial charge in [0.1, 0.15) is 5.82 Å². The number of nitrogens with one attached hydrogen (secondary N) is 1. The summed E-state index contributed by atoms with van der Waals surface area (Å²) in [6, 6.07) is 8.01. The third kappa shape index (κ3) is 5.76. The molecule has 1 heterocycles. The van der Waals surface area contributed by atoms with Gasteiger partial charge >= 0.3 is 0 Å². The van der Waals surface area contributed by atoms with Crippen LogP contribution in [0, 0.1) is 6.92 Å². The molecular weight excluding hydrogens is 210 g/mol. The Morgan fingerprint density at radius 1 is 1.24 bits per heavy atom. The molecule has 2 aromatic rings. The van der Waals surface area contributed by atoms with E-state index in [2.05, 4.69) is 16.5 Å². The lowest BCUT2D eigenvalue weighted by molar-refractivity contribution is 0.566. The highest BCUT2D eigenvalue weighted by Gasteiger charge is 1.93. The molecule has 0 fully saturated rings. The molecule has 1 aromatic carbocycles. The number of benzene rings is 1. The highest BCUT2D eigenvalue weighted by atomic mass is 15.0. The number of rotatable bonds is 1. The molecule has 0 aliphatic rings. The zero-order valence-electron chi connectivity index (χ0n) is 11.5. The van der Waals surface area contributed by atoms with E-state index in [1.165, 1.54) is 0 Å². The summed E-state index contributed by atoms with van der Waals surface area (Å²) in [4.78, 5) is 9.29. The van der Waals surface area contributed by atoms with Crippen molar-refractivity contribution in [3.63, 3.8) is 0 Å². The second kappa shape index (κ2) is 8.39. The summed E-state index contributed by atoms with van der Waals surface area (Å²) in [6.45, 7) is 9.44. The summed E-state index contributed by atoms with van der Waals surface area (Å²) in [5, 5.41) is 0. The lowest BCUT2D eigenvalue weighted by Gasteiger charge is -1.98. The van der Waals surface area contributed by atoms with Gasteiger partial charge in [0.25, 0.3) is 0 Å². The van der Waals surface area contributed by atoms with Gasteiger partial charge in [-0.2, -0.15) is 0 Å². The Morgan fingerprint density at radius 2 is 1.76 bits per heavy atom. The summed E-state index contributed by atoms with van der Waals surface area (Å²) in [6.07, 6.45) is 1.75. The Balaban J connectivity index is 0.000000315. The number of aromatic amines is 1. The van der Waals surface area contributed by atoms with E-state index in [4.69, 9.17) is 0 Å². The van der Waals surface area contributed by atoms with Crippen molar-refractivity contribution in [1.29, 1.82) is 0 Å². The van der Waals surface area contributed by atoms with Crippen LogP contribution in [0.2, 0.25) is 0 Å². The summed E-state index contributed by atoms with van der Waals surface area (Å²) in [5.41, 5.74) is 2.15. The molecule has 0 atom stereocenters. The van der Waals surface area contributed by atoms with Gasteiger partial charge in [0.15, 0.2) is 0 Å². The van der Waals surface area contributed by atoms with E-state index in [-0.39, 0.29) is 0 Å². The molecule has 17 heavy (non-hydrogen) atoms. The Kier molecular flexibility index (Phi) is 7.52. The topological polar surface area (TPSA) is 31.9 Å². The van der Waals surface area contributed by atoms with Crippen LogP contribution >= 0.6 is 0 Å².